The zero-order valence-electron chi connectivity index (χ0n) is 11.9. The van der Waals surface area contributed by atoms with Crippen molar-refractivity contribution in [2.75, 3.05) is 19.0 Å². The van der Waals surface area contributed by atoms with Crippen molar-refractivity contribution in [3.05, 3.63) is 58.6 Å². The Labute approximate surface area is 129 Å². The SMILES string of the molecule is CN(C)c1ccc(/C=N/N=C/c2ccccc2O)c(Cl)c1. The summed E-state index contributed by atoms with van der Waals surface area (Å²) in [6.45, 7) is 0. The average Bonchev–Trinajstić information content (AvgIpc) is 2.46. The molecule has 108 valence electrons. The average molecular weight is 302 g/mol. The van der Waals surface area contributed by atoms with Gasteiger partial charge in [-0.15, -0.1) is 0 Å². The van der Waals surface area contributed by atoms with Gasteiger partial charge in [0.05, 0.1) is 17.5 Å². The Bertz CT molecular complexity index is 681. The molecule has 2 aromatic carbocycles. The summed E-state index contributed by atoms with van der Waals surface area (Å²) in [5.41, 5.74) is 2.43. The van der Waals surface area contributed by atoms with Gasteiger partial charge in [-0.1, -0.05) is 23.7 Å². The number of halogens is 1. The number of anilines is 1. The second-order valence-corrected chi connectivity index (χ2v) is 5.06. The topological polar surface area (TPSA) is 48.2 Å². The largest absolute Gasteiger partial charge is 0.507 e. The van der Waals surface area contributed by atoms with Crippen LogP contribution in [-0.2, 0) is 0 Å². The molecule has 0 aromatic heterocycles. The van der Waals surface area contributed by atoms with Crippen LogP contribution in [0, 0.1) is 0 Å². The normalized spacial score (nSPS) is 11.4. The minimum atomic E-state index is 0.171. The molecule has 1 N–H and O–H groups in total. The molecule has 0 spiro atoms. The van der Waals surface area contributed by atoms with Crippen LogP contribution >= 0.6 is 11.6 Å². The Kier molecular flexibility index (Phi) is 4.95. The zero-order chi connectivity index (χ0) is 15.2. The number of phenolic OH excluding ortho intramolecular Hbond substituents is 1. The zero-order valence-corrected chi connectivity index (χ0v) is 12.6. The van der Waals surface area contributed by atoms with Gasteiger partial charge in [-0.2, -0.15) is 10.2 Å². The van der Waals surface area contributed by atoms with E-state index in [1.54, 1.807) is 24.4 Å². The van der Waals surface area contributed by atoms with Crippen LogP contribution < -0.4 is 4.90 Å². The van der Waals surface area contributed by atoms with Crippen LogP contribution in [0.3, 0.4) is 0 Å². The van der Waals surface area contributed by atoms with Gasteiger partial charge >= 0.3 is 0 Å². The lowest BCUT2D eigenvalue weighted by molar-refractivity contribution is 0.474. The van der Waals surface area contributed by atoms with Crippen LogP contribution in [0.5, 0.6) is 5.75 Å². The first-order chi connectivity index (χ1) is 10.1. The van der Waals surface area contributed by atoms with Gasteiger partial charge in [-0.25, -0.2) is 0 Å². The molecule has 0 heterocycles. The fourth-order valence-corrected chi connectivity index (χ4v) is 1.91. The second kappa shape index (κ2) is 6.90. The number of hydrogen-bond donors (Lipinski definition) is 1. The minimum Gasteiger partial charge on any atom is -0.507 e. The Morgan fingerprint density at radius 2 is 1.67 bits per heavy atom. The quantitative estimate of drug-likeness (QED) is 0.693. The van der Waals surface area contributed by atoms with E-state index < -0.39 is 0 Å². The molecule has 0 radical (unpaired) electrons. The van der Waals surface area contributed by atoms with Gasteiger partial charge in [0.1, 0.15) is 5.75 Å². The number of para-hydroxylation sites is 1. The van der Waals surface area contributed by atoms with Crippen molar-refractivity contribution in [3.8, 4) is 5.75 Å². The summed E-state index contributed by atoms with van der Waals surface area (Å²) in [7, 11) is 3.91. The molecule has 4 nitrogen and oxygen atoms in total. The van der Waals surface area contributed by atoms with E-state index in [-0.39, 0.29) is 5.75 Å². The lowest BCUT2D eigenvalue weighted by atomic mass is 10.2. The van der Waals surface area contributed by atoms with E-state index in [0.29, 0.717) is 10.6 Å². The van der Waals surface area contributed by atoms with Crippen molar-refractivity contribution in [2.45, 2.75) is 0 Å². The molecule has 2 rings (SSSR count). The molecule has 0 unspecified atom stereocenters. The third-order valence-electron chi connectivity index (χ3n) is 2.90. The molecule has 0 bridgehead atoms. The Hall–Kier alpha value is -2.33. The standard InChI is InChI=1S/C16H16ClN3O/c1-20(2)14-8-7-12(15(17)9-14)10-18-19-11-13-5-3-4-6-16(13)21/h3-11,21H,1-2H3/b18-10+,19-11+. The summed E-state index contributed by atoms with van der Waals surface area (Å²) in [6, 6.07) is 12.6. The third kappa shape index (κ3) is 4.07. The molecule has 2 aromatic rings. The number of nitrogens with zero attached hydrogens (tertiary/aromatic N) is 3. The van der Waals surface area contributed by atoms with E-state index in [0.717, 1.165) is 11.3 Å². The molecular formula is C16H16ClN3O. The smallest absolute Gasteiger partial charge is 0.124 e. The first kappa shape index (κ1) is 15.1. The highest BCUT2D eigenvalue weighted by Crippen LogP contribution is 2.21. The number of benzene rings is 2. The number of hydrogen-bond acceptors (Lipinski definition) is 4. The van der Waals surface area contributed by atoms with Crippen molar-refractivity contribution >= 4 is 29.7 Å². The summed E-state index contributed by atoms with van der Waals surface area (Å²) < 4.78 is 0. The summed E-state index contributed by atoms with van der Waals surface area (Å²) in [5, 5.41) is 18.1. The number of rotatable bonds is 4. The lowest BCUT2D eigenvalue weighted by Crippen LogP contribution is -2.08. The van der Waals surface area contributed by atoms with Gasteiger partial charge < -0.3 is 10.0 Å². The van der Waals surface area contributed by atoms with Crippen molar-refractivity contribution in [1.29, 1.82) is 0 Å². The summed E-state index contributed by atoms with van der Waals surface area (Å²) in [4.78, 5) is 1.98. The van der Waals surface area contributed by atoms with Gasteiger partial charge in [0.15, 0.2) is 0 Å². The molecule has 0 saturated carbocycles. The highest BCUT2D eigenvalue weighted by molar-refractivity contribution is 6.33. The van der Waals surface area contributed by atoms with Crippen LogP contribution in [0.1, 0.15) is 11.1 Å². The maximum atomic E-state index is 9.58. The van der Waals surface area contributed by atoms with Gasteiger partial charge in [0.2, 0.25) is 0 Å². The van der Waals surface area contributed by atoms with E-state index in [1.807, 2.05) is 43.3 Å². The molecule has 0 saturated heterocycles. The molecular weight excluding hydrogens is 286 g/mol. The Morgan fingerprint density at radius 1 is 1.00 bits per heavy atom. The van der Waals surface area contributed by atoms with Crippen molar-refractivity contribution < 1.29 is 5.11 Å². The first-order valence-corrected chi connectivity index (χ1v) is 6.77. The lowest BCUT2D eigenvalue weighted by Gasteiger charge is -2.12. The minimum absolute atomic E-state index is 0.171. The molecule has 21 heavy (non-hydrogen) atoms. The maximum Gasteiger partial charge on any atom is 0.124 e. The van der Waals surface area contributed by atoms with Crippen molar-refractivity contribution in [3.63, 3.8) is 0 Å². The molecule has 0 amide bonds. The van der Waals surface area contributed by atoms with Gasteiger partial charge in [0.25, 0.3) is 0 Å². The van der Waals surface area contributed by atoms with E-state index >= 15 is 0 Å². The predicted molar refractivity (Wildman–Crippen MR) is 89.1 cm³/mol. The third-order valence-corrected chi connectivity index (χ3v) is 3.22. The molecule has 0 aliphatic rings. The van der Waals surface area contributed by atoms with Crippen molar-refractivity contribution in [1.82, 2.24) is 0 Å². The van der Waals surface area contributed by atoms with Crippen molar-refractivity contribution in [2.24, 2.45) is 10.2 Å². The van der Waals surface area contributed by atoms with Gasteiger partial charge in [0, 0.05) is 30.9 Å². The monoisotopic (exact) mass is 301 g/mol. The Balaban J connectivity index is 2.10. The second-order valence-electron chi connectivity index (χ2n) is 4.65. The van der Waals surface area contributed by atoms with E-state index in [9.17, 15) is 5.11 Å². The van der Waals surface area contributed by atoms with Crippen LogP contribution in [-0.4, -0.2) is 31.6 Å². The maximum absolute atomic E-state index is 9.58. The molecule has 5 heteroatoms. The van der Waals surface area contributed by atoms with E-state index in [1.165, 1.54) is 6.21 Å². The van der Waals surface area contributed by atoms with Gasteiger partial charge in [-0.05, 0) is 30.3 Å². The summed E-state index contributed by atoms with van der Waals surface area (Å²) >= 11 is 6.18. The van der Waals surface area contributed by atoms with Crippen LogP contribution in [0.25, 0.3) is 0 Å². The van der Waals surface area contributed by atoms with Crippen LogP contribution in [0.15, 0.2) is 52.7 Å². The first-order valence-electron chi connectivity index (χ1n) is 6.39. The van der Waals surface area contributed by atoms with E-state index in [2.05, 4.69) is 10.2 Å². The fourth-order valence-electron chi connectivity index (χ4n) is 1.69. The van der Waals surface area contributed by atoms with Crippen LogP contribution in [0.2, 0.25) is 5.02 Å². The molecule has 0 aliphatic carbocycles. The van der Waals surface area contributed by atoms with Crippen LogP contribution in [0.4, 0.5) is 5.69 Å². The predicted octanol–water partition coefficient (Wildman–Crippen LogP) is 3.56. The summed E-state index contributed by atoms with van der Waals surface area (Å²) in [5.74, 6) is 0.171. The fraction of sp³-hybridized carbons (Fsp3) is 0.125. The number of aromatic hydroxyl groups is 1. The number of phenols is 1. The van der Waals surface area contributed by atoms with Gasteiger partial charge in [-0.3, -0.25) is 0 Å². The molecule has 0 aliphatic heterocycles. The molecule has 0 atom stereocenters. The highest BCUT2D eigenvalue weighted by atomic mass is 35.5. The molecule has 0 fully saturated rings. The Morgan fingerprint density at radius 3 is 2.29 bits per heavy atom. The summed E-state index contributed by atoms with van der Waals surface area (Å²) in [6.07, 6.45) is 3.08. The van der Waals surface area contributed by atoms with E-state index in [4.69, 9.17) is 11.6 Å². The highest BCUT2D eigenvalue weighted by Gasteiger charge is 2.01.